The van der Waals surface area contributed by atoms with Crippen LogP contribution in [0.4, 0.5) is 0 Å². The van der Waals surface area contributed by atoms with Gasteiger partial charge in [-0.15, -0.1) is 0 Å². The van der Waals surface area contributed by atoms with Gasteiger partial charge in [0.15, 0.2) is 0 Å². The van der Waals surface area contributed by atoms with Gasteiger partial charge in [0.05, 0.1) is 12.7 Å². The lowest BCUT2D eigenvalue weighted by molar-refractivity contribution is 0.359. The molecular weight excluding hydrogens is 216 g/mol. The Morgan fingerprint density at radius 2 is 2.12 bits per heavy atom. The van der Waals surface area contributed by atoms with Gasteiger partial charge in [0, 0.05) is 5.75 Å². The summed E-state index contributed by atoms with van der Waals surface area (Å²) in [6, 6.07) is 10.7. The van der Waals surface area contributed by atoms with Gasteiger partial charge in [0.2, 0.25) is 0 Å². The monoisotopic (exact) mass is 236 g/mol. The van der Waals surface area contributed by atoms with E-state index >= 15 is 0 Å². The summed E-state index contributed by atoms with van der Waals surface area (Å²) in [5.74, 6) is 3.23. The Kier molecular flexibility index (Phi) is 4.73. The number of hydrogen-bond donors (Lipinski definition) is 0. The highest BCUT2D eigenvalue weighted by Gasteiger charge is 2.24. The molecule has 1 aliphatic rings. The minimum absolute atomic E-state index is 0.592. The average Bonchev–Trinajstić information content (AvgIpc) is 3.10. The summed E-state index contributed by atoms with van der Waals surface area (Å²) < 4.78 is 5.25. The minimum atomic E-state index is 0.592. The van der Waals surface area contributed by atoms with Crippen molar-refractivity contribution >= 4 is 11.8 Å². The van der Waals surface area contributed by atoms with Gasteiger partial charge < -0.3 is 4.74 Å². The predicted octanol–water partition coefficient (Wildman–Crippen LogP) is 3.73. The molecule has 0 aliphatic carbocycles. The van der Waals surface area contributed by atoms with Gasteiger partial charge >= 0.3 is 0 Å². The molecule has 0 N–H and O–H groups in total. The molecule has 2 heteroatoms. The maximum absolute atomic E-state index is 5.25. The third-order valence-corrected chi connectivity index (χ3v) is 4.00. The Balaban J connectivity index is 1.54. The lowest BCUT2D eigenvalue weighted by Gasteiger charge is -2.08. The van der Waals surface area contributed by atoms with Crippen molar-refractivity contribution in [2.45, 2.75) is 31.6 Å². The van der Waals surface area contributed by atoms with E-state index in [-0.39, 0.29) is 0 Å². The normalized spacial score (nSPS) is 20.7. The van der Waals surface area contributed by atoms with Gasteiger partial charge in [0.25, 0.3) is 0 Å². The molecule has 1 aromatic carbocycles. The molecule has 1 nitrogen and oxygen atoms in total. The topological polar surface area (TPSA) is 12.5 Å². The molecule has 1 aliphatic heterocycles. The molecule has 88 valence electrons. The molecule has 0 saturated carbocycles. The van der Waals surface area contributed by atoms with Crippen LogP contribution in [0.25, 0.3) is 0 Å². The Morgan fingerprint density at radius 3 is 2.81 bits per heavy atom. The lowest BCUT2D eigenvalue weighted by Crippen LogP contribution is -2.01. The van der Waals surface area contributed by atoms with Crippen LogP contribution >= 0.6 is 11.8 Å². The zero-order valence-electron chi connectivity index (χ0n) is 9.89. The van der Waals surface area contributed by atoms with E-state index < -0.39 is 0 Å². The van der Waals surface area contributed by atoms with E-state index in [1.54, 1.807) is 0 Å². The number of ether oxygens (including phenoxy) is 1. The Morgan fingerprint density at radius 1 is 1.38 bits per heavy atom. The molecule has 0 spiro atoms. The first-order valence-corrected chi connectivity index (χ1v) is 7.23. The third-order valence-electron chi connectivity index (χ3n) is 2.93. The van der Waals surface area contributed by atoms with Crippen LogP contribution in [0.15, 0.2) is 30.3 Å². The fourth-order valence-corrected chi connectivity index (χ4v) is 2.96. The molecule has 0 radical (unpaired) electrons. The van der Waals surface area contributed by atoms with E-state index in [4.69, 9.17) is 4.74 Å². The van der Waals surface area contributed by atoms with Gasteiger partial charge in [-0.3, -0.25) is 0 Å². The summed E-state index contributed by atoms with van der Waals surface area (Å²) in [5.41, 5.74) is 1.44. The fourth-order valence-electron chi connectivity index (χ4n) is 1.82. The third kappa shape index (κ3) is 4.58. The van der Waals surface area contributed by atoms with Gasteiger partial charge in [-0.1, -0.05) is 37.3 Å². The summed E-state index contributed by atoms with van der Waals surface area (Å²) >= 11 is 2.04. The van der Waals surface area contributed by atoms with Crippen LogP contribution in [0.2, 0.25) is 0 Å². The first-order chi connectivity index (χ1) is 7.84. The number of thioether (sulfide) groups is 1. The van der Waals surface area contributed by atoms with Crippen molar-refractivity contribution in [3.8, 4) is 0 Å². The van der Waals surface area contributed by atoms with E-state index in [0.717, 1.165) is 18.3 Å². The largest absolute Gasteiger partial charge is 0.373 e. The SMILES string of the molecule is CC(CCSCc1ccccc1)CC1CO1. The highest BCUT2D eigenvalue weighted by Crippen LogP contribution is 2.23. The zero-order valence-corrected chi connectivity index (χ0v) is 10.7. The molecule has 2 unspecified atom stereocenters. The van der Waals surface area contributed by atoms with E-state index in [0.29, 0.717) is 6.10 Å². The lowest BCUT2D eigenvalue weighted by atomic mass is 10.0. The smallest absolute Gasteiger partial charge is 0.0812 e. The summed E-state index contributed by atoms with van der Waals surface area (Å²) in [4.78, 5) is 0. The summed E-state index contributed by atoms with van der Waals surface area (Å²) in [5, 5.41) is 0. The van der Waals surface area contributed by atoms with E-state index in [9.17, 15) is 0 Å². The summed E-state index contributed by atoms with van der Waals surface area (Å²) in [6.45, 7) is 3.34. The van der Waals surface area contributed by atoms with Crippen LogP contribution in [0, 0.1) is 5.92 Å². The summed E-state index contributed by atoms with van der Waals surface area (Å²) in [6.07, 6.45) is 3.16. The first kappa shape index (κ1) is 12.0. The zero-order chi connectivity index (χ0) is 11.2. The molecular formula is C14H20OS. The Bertz CT molecular complexity index is 295. The van der Waals surface area contributed by atoms with Crippen molar-refractivity contribution in [2.75, 3.05) is 12.4 Å². The molecule has 0 amide bonds. The Hall–Kier alpha value is -0.470. The van der Waals surface area contributed by atoms with Crippen molar-refractivity contribution in [3.63, 3.8) is 0 Å². The molecule has 0 bridgehead atoms. The van der Waals surface area contributed by atoms with Crippen LogP contribution in [0.5, 0.6) is 0 Å². The Labute approximate surface area is 103 Å². The molecule has 2 atom stereocenters. The van der Waals surface area contributed by atoms with Gasteiger partial charge in [0.1, 0.15) is 0 Å². The van der Waals surface area contributed by atoms with Crippen molar-refractivity contribution in [3.05, 3.63) is 35.9 Å². The fraction of sp³-hybridized carbons (Fsp3) is 0.571. The molecule has 16 heavy (non-hydrogen) atoms. The maximum Gasteiger partial charge on any atom is 0.0812 e. The van der Waals surface area contributed by atoms with Crippen LogP contribution in [0.1, 0.15) is 25.3 Å². The molecule has 2 rings (SSSR count). The minimum Gasteiger partial charge on any atom is -0.373 e. The van der Waals surface area contributed by atoms with E-state index in [1.165, 1.54) is 24.2 Å². The van der Waals surface area contributed by atoms with Gasteiger partial charge in [-0.05, 0) is 30.1 Å². The molecule has 1 fully saturated rings. The van der Waals surface area contributed by atoms with Crippen LogP contribution in [-0.2, 0) is 10.5 Å². The number of epoxide rings is 1. The van der Waals surface area contributed by atoms with E-state index in [2.05, 4.69) is 37.3 Å². The second-order valence-electron chi connectivity index (χ2n) is 4.62. The van der Waals surface area contributed by atoms with Gasteiger partial charge in [-0.2, -0.15) is 11.8 Å². The number of hydrogen-bond acceptors (Lipinski definition) is 2. The van der Waals surface area contributed by atoms with Crippen LogP contribution in [0.3, 0.4) is 0 Å². The van der Waals surface area contributed by atoms with Crippen molar-refractivity contribution in [2.24, 2.45) is 5.92 Å². The molecule has 1 aromatic rings. The summed E-state index contributed by atoms with van der Waals surface area (Å²) in [7, 11) is 0. The van der Waals surface area contributed by atoms with Crippen LogP contribution < -0.4 is 0 Å². The second kappa shape index (κ2) is 6.31. The quantitative estimate of drug-likeness (QED) is 0.528. The molecule has 0 aromatic heterocycles. The highest BCUT2D eigenvalue weighted by atomic mass is 32.2. The number of benzene rings is 1. The molecule has 1 saturated heterocycles. The van der Waals surface area contributed by atoms with Crippen LogP contribution in [-0.4, -0.2) is 18.5 Å². The predicted molar refractivity (Wildman–Crippen MR) is 70.7 cm³/mol. The van der Waals surface area contributed by atoms with E-state index in [1.807, 2.05) is 11.8 Å². The van der Waals surface area contributed by atoms with Crippen molar-refractivity contribution in [1.82, 2.24) is 0 Å². The highest BCUT2D eigenvalue weighted by molar-refractivity contribution is 7.98. The second-order valence-corrected chi connectivity index (χ2v) is 5.73. The standard InChI is InChI=1S/C14H20OS/c1-12(9-14-10-15-14)7-8-16-11-13-5-3-2-4-6-13/h2-6,12,14H,7-11H2,1H3. The maximum atomic E-state index is 5.25. The molecule has 1 heterocycles. The average molecular weight is 236 g/mol. The van der Waals surface area contributed by atoms with Crippen molar-refractivity contribution in [1.29, 1.82) is 0 Å². The number of rotatable bonds is 7. The van der Waals surface area contributed by atoms with Gasteiger partial charge in [-0.25, -0.2) is 0 Å². The first-order valence-electron chi connectivity index (χ1n) is 6.08. The van der Waals surface area contributed by atoms with Crippen molar-refractivity contribution < 1.29 is 4.74 Å².